The lowest BCUT2D eigenvalue weighted by molar-refractivity contribution is -0.119. The van der Waals surface area contributed by atoms with Gasteiger partial charge >= 0.3 is 6.03 Å². The number of aromatic nitrogens is 2. The van der Waals surface area contributed by atoms with Crippen molar-refractivity contribution in [3.05, 3.63) is 33.0 Å². The molecule has 26 heavy (non-hydrogen) atoms. The van der Waals surface area contributed by atoms with Gasteiger partial charge in [-0.15, -0.1) is 0 Å². The van der Waals surface area contributed by atoms with Crippen molar-refractivity contribution in [3.63, 3.8) is 0 Å². The summed E-state index contributed by atoms with van der Waals surface area (Å²) < 4.78 is 2.40. The number of rotatable bonds is 7. The highest BCUT2D eigenvalue weighted by Crippen LogP contribution is 2.24. The summed E-state index contributed by atoms with van der Waals surface area (Å²) in [5, 5.41) is 2.40. The van der Waals surface area contributed by atoms with Crippen molar-refractivity contribution >= 4 is 50.5 Å². The Kier molecular flexibility index (Phi) is 7.22. The molecule has 1 heterocycles. The topological polar surface area (TPSA) is 107 Å². The molecule has 1 atom stereocenters. The van der Waals surface area contributed by atoms with E-state index in [1.54, 1.807) is 23.6 Å². The molecule has 0 aliphatic rings. The van der Waals surface area contributed by atoms with Crippen LogP contribution in [0, 0.1) is 0 Å². The van der Waals surface area contributed by atoms with Crippen LogP contribution in [0.2, 0.25) is 0 Å². The second-order valence-corrected chi connectivity index (χ2v) is 8.06. The lowest BCUT2D eigenvalue weighted by atomic mass is 10.2. The Hall–Kier alpha value is -1.87. The van der Waals surface area contributed by atoms with Gasteiger partial charge in [0, 0.05) is 11.0 Å². The standard InChI is InChI=1S/C17H21BrN4O3S/c1-3-4-5-8-22-15(24)12-9-11(18)6-7-13(12)20-17(22)26-10(2)14(23)21-16(19)25/h6-7,9-10H,3-5,8H2,1-2H3,(H3,19,21,23,25). The van der Waals surface area contributed by atoms with Crippen LogP contribution in [0.3, 0.4) is 0 Å². The summed E-state index contributed by atoms with van der Waals surface area (Å²) in [6, 6.07) is 4.42. The van der Waals surface area contributed by atoms with Crippen LogP contribution >= 0.6 is 27.7 Å². The SMILES string of the molecule is CCCCCn1c(SC(C)C(=O)NC(N)=O)nc2ccc(Br)cc2c1=O. The number of fused-ring (bicyclic) bond motifs is 1. The molecule has 7 nitrogen and oxygen atoms in total. The van der Waals surface area contributed by atoms with E-state index in [9.17, 15) is 14.4 Å². The minimum Gasteiger partial charge on any atom is -0.351 e. The number of nitrogens with one attached hydrogen (secondary N) is 1. The Morgan fingerprint density at radius 3 is 2.77 bits per heavy atom. The van der Waals surface area contributed by atoms with E-state index >= 15 is 0 Å². The minimum absolute atomic E-state index is 0.141. The lowest BCUT2D eigenvalue weighted by Crippen LogP contribution is -2.39. The second kappa shape index (κ2) is 9.18. The van der Waals surface area contributed by atoms with Gasteiger partial charge in [-0.2, -0.15) is 0 Å². The fourth-order valence-electron chi connectivity index (χ4n) is 2.41. The maximum Gasteiger partial charge on any atom is 0.318 e. The zero-order valence-electron chi connectivity index (χ0n) is 14.6. The summed E-state index contributed by atoms with van der Waals surface area (Å²) in [5.74, 6) is -0.521. The molecule has 3 N–H and O–H groups in total. The Morgan fingerprint density at radius 2 is 2.12 bits per heavy atom. The highest BCUT2D eigenvalue weighted by atomic mass is 79.9. The highest BCUT2D eigenvalue weighted by molar-refractivity contribution is 9.10. The number of carbonyl (C=O) groups excluding carboxylic acids is 2. The molecule has 3 amide bonds. The molecule has 1 aromatic carbocycles. The molecule has 9 heteroatoms. The van der Waals surface area contributed by atoms with Crippen molar-refractivity contribution in [3.8, 4) is 0 Å². The predicted molar refractivity (Wildman–Crippen MR) is 106 cm³/mol. The maximum atomic E-state index is 12.9. The molecular formula is C17H21BrN4O3S. The van der Waals surface area contributed by atoms with E-state index in [0.717, 1.165) is 35.5 Å². The number of amides is 3. The molecule has 0 saturated heterocycles. The van der Waals surface area contributed by atoms with Crippen molar-refractivity contribution < 1.29 is 9.59 Å². The predicted octanol–water partition coefficient (Wildman–Crippen LogP) is 3.02. The lowest BCUT2D eigenvalue weighted by Gasteiger charge is -2.16. The van der Waals surface area contributed by atoms with Gasteiger partial charge < -0.3 is 5.73 Å². The van der Waals surface area contributed by atoms with Crippen LogP contribution in [-0.4, -0.2) is 26.7 Å². The van der Waals surface area contributed by atoms with E-state index in [0.29, 0.717) is 22.6 Å². The van der Waals surface area contributed by atoms with Gasteiger partial charge in [0.1, 0.15) is 0 Å². The quantitative estimate of drug-likeness (QED) is 0.390. The van der Waals surface area contributed by atoms with Crippen LogP contribution in [0.15, 0.2) is 32.6 Å². The Balaban J connectivity index is 2.43. The van der Waals surface area contributed by atoms with E-state index in [1.807, 2.05) is 6.07 Å². The second-order valence-electron chi connectivity index (χ2n) is 5.83. The summed E-state index contributed by atoms with van der Waals surface area (Å²) in [5.41, 5.74) is 5.42. The van der Waals surface area contributed by atoms with Crippen LogP contribution in [0.1, 0.15) is 33.1 Å². The highest BCUT2D eigenvalue weighted by Gasteiger charge is 2.20. The van der Waals surface area contributed by atoms with Crippen molar-refractivity contribution in [2.45, 2.75) is 50.1 Å². The van der Waals surface area contributed by atoms with Crippen molar-refractivity contribution in [2.24, 2.45) is 5.73 Å². The first-order valence-electron chi connectivity index (χ1n) is 8.30. The Labute approximate surface area is 163 Å². The van der Waals surface area contributed by atoms with Crippen molar-refractivity contribution in [1.29, 1.82) is 0 Å². The molecule has 0 aliphatic carbocycles. The van der Waals surface area contributed by atoms with Crippen molar-refractivity contribution in [1.82, 2.24) is 14.9 Å². The molecule has 1 unspecified atom stereocenters. The zero-order chi connectivity index (χ0) is 19.3. The number of imide groups is 1. The summed E-state index contributed by atoms with van der Waals surface area (Å²) in [6.45, 7) is 4.25. The van der Waals surface area contributed by atoms with Crippen molar-refractivity contribution in [2.75, 3.05) is 0 Å². The van der Waals surface area contributed by atoms with E-state index in [4.69, 9.17) is 5.73 Å². The van der Waals surface area contributed by atoms with Crippen LogP contribution < -0.4 is 16.6 Å². The van der Waals surface area contributed by atoms with Gasteiger partial charge in [0.25, 0.3) is 5.56 Å². The Morgan fingerprint density at radius 1 is 1.38 bits per heavy atom. The Bertz CT molecular complexity index is 884. The van der Waals surface area contributed by atoms with Gasteiger partial charge in [0.15, 0.2) is 5.16 Å². The number of hydrogen-bond donors (Lipinski definition) is 2. The number of nitrogens with two attached hydrogens (primary N) is 1. The molecule has 0 bridgehead atoms. The number of primary amides is 1. The summed E-state index contributed by atoms with van der Waals surface area (Å²) in [6.07, 6.45) is 2.86. The molecule has 0 radical (unpaired) electrons. The average molecular weight is 441 g/mol. The van der Waals surface area contributed by atoms with Gasteiger partial charge in [-0.05, 0) is 31.5 Å². The molecule has 0 spiro atoms. The van der Waals surface area contributed by atoms with Gasteiger partial charge in [0.05, 0.1) is 16.2 Å². The van der Waals surface area contributed by atoms with Gasteiger partial charge in [-0.25, -0.2) is 9.78 Å². The maximum absolute atomic E-state index is 12.9. The van der Waals surface area contributed by atoms with Gasteiger partial charge in [-0.1, -0.05) is 47.5 Å². The molecule has 1 aromatic heterocycles. The number of hydrogen-bond acceptors (Lipinski definition) is 5. The number of unbranched alkanes of at least 4 members (excludes halogenated alkanes) is 2. The number of carbonyl (C=O) groups is 2. The zero-order valence-corrected chi connectivity index (χ0v) is 17.0. The third-order valence-corrected chi connectivity index (χ3v) is 5.35. The molecular weight excluding hydrogens is 420 g/mol. The third-order valence-electron chi connectivity index (χ3n) is 3.76. The van der Waals surface area contributed by atoms with Gasteiger partial charge in [0.2, 0.25) is 5.91 Å². The van der Waals surface area contributed by atoms with E-state index in [1.165, 1.54) is 0 Å². The normalized spacial score (nSPS) is 12.1. The summed E-state index contributed by atoms with van der Waals surface area (Å²) in [4.78, 5) is 40.3. The number of thioether (sulfide) groups is 1. The molecule has 140 valence electrons. The number of nitrogens with zero attached hydrogens (tertiary/aromatic N) is 2. The molecule has 0 aliphatic heterocycles. The molecule has 0 saturated carbocycles. The minimum atomic E-state index is -0.904. The smallest absolute Gasteiger partial charge is 0.318 e. The van der Waals surface area contributed by atoms with E-state index < -0.39 is 17.2 Å². The van der Waals surface area contributed by atoms with Crippen LogP contribution in [0.4, 0.5) is 4.79 Å². The van der Waals surface area contributed by atoms with Crippen LogP contribution in [-0.2, 0) is 11.3 Å². The molecule has 2 aromatic rings. The summed E-state index contributed by atoms with van der Waals surface area (Å²) in [7, 11) is 0. The fourth-order valence-corrected chi connectivity index (χ4v) is 3.71. The first kappa shape index (κ1) is 20.4. The molecule has 2 rings (SSSR count). The van der Waals surface area contributed by atoms with Gasteiger partial charge in [-0.3, -0.25) is 19.5 Å². The number of benzene rings is 1. The average Bonchev–Trinajstić information content (AvgIpc) is 2.57. The van der Waals surface area contributed by atoms with E-state index in [2.05, 4.69) is 33.2 Å². The largest absolute Gasteiger partial charge is 0.351 e. The third kappa shape index (κ3) is 5.07. The van der Waals surface area contributed by atoms with Crippen LogP contribution in [0.5, 0.6) is 0 Å². The fraction of sp³-hybridized carbons (Fsp3) is 0.412. The number of urea groups is 1. The van der Waals surface area contributed by atoms with Crippen LogP contribution in [0.25, 0.3) is 10.9 Å². The first-order chi connectivity index (χ1) is 12.3. The van der Waals surface area contributed by atoms with E-state index in [-0.39, 0.29) is 5.56 Å². The molecule has 0 fully saturated rings. The number of halogens is 1. The first-order valence-corrected chi connectivity index (χ1v) is 9.97. The monoisotopic (exact) mass is 440 g/mol. The summed E-state index contributed by atoms with van der Waals surface area (Å²) >= 11 is 4.51.